The van der Waals surface area contributed by atoms with Crippen LogP contribution in [-0.4, -0.2) is 60.9 Å². The maximum Gasteiger partial charge on any atom is 0.240 e. The van der Waals surface area contributed by atoms with Gasteiger partial charge in [0.15, 0.2) is 11.5 Å². The molecule has 0 spiro atoms. The molecule has 3 heterocycles. The molecule has 0 fully saturated rings. The smallest absolute Gasteiger partial charge is 0.240 e. The van der Waals surface area contributed by atoms with Crippen LogP contribution in [0.25, 0.3) is 16.9 Å². The van der Waals surface area contributed by atoms with E-state index in [2.05, 4.69) is 25.2 Å². The van der Waals surface area contributed by atoms with Crippen LogP contribution in [0.15, 0.2) is 66.7 Å². The van der Waals surface area contributed by atoms with Crippen LogP contribution in [0.3, 0.4) is 0 Å². The standard InChI is InChI=1S/C33H34N4O5S/c1-21-9-7-12-25(22(21)2)37-33-30(31(35-37)23-10-5-4-6-11-23)32(24-13-14-26-27(17-24)42-20-41-26)43-19-29(39)36(33)18-28(38)34-15-8-16-40-3/h4-7,9-14,17,32H,8,15-16,18-20H2,1-3H3,(H,34,38). The number of carbonyl (C=O) groups excluding carboxylic acids is 2. The maximum absolute atomic E-state index is 14.0. The van der Waals surface area contributed by atoms with E-state index < -0.39 is 0 Å². The van der Waals surface area contributed by atoms with E-state index >= 15 is 0 Å². The van der Waals surface area contributed by atoms with Crippen molar-refractivity contribution >= 4 is 29.4 Å². The number of methoxy groups -OCH3 is 1. The lowest BCUT2D eigenvalue weighted by atomic mass is 9.99. The number of carbonyl (C=O) groups is 2. The highest BCUT2D eigenvalue weighted by Crippen LogP contribution is 2.50. The number of benzene rings is 3. The number of hydrogen-bond acceptors (Lipinski definition) is 7. The molecule has 1 N–H and O–H groups in total. The van der Waals surface area contributed by atoms with E-state index in [9.17, 15) is 9.59 Å². The molecule has 0 aliphatic carbocycles. The van der Waals surface area contributed by atoms with E-state index in [1.165, 1.54) is 11.8 Å². The summed E-state index contributed by atoms with van der Waals surface area (Å²) in [6, 6.07) is 21.9. The maximum atomic E-state index is 14.0. The van der Waals surface area contributed by atoms with E-state index in [-0.39, 0.29) is 36.2 Å². The minimum absolute atomic E-state index is 0.127. The van der Waals surface area contributed by atoms with E-state index in [1.54, 1.807) is 12.0 Å². The lowest BCUT2D eigenvalue weighted by Gasteiger charge is -2.24. The molecule has 10 heteroatoms. The zero-order valence-corrected chi connectivity index (χ0v) is 25.3. The molecule has 0 saturated heterocycles. The van der Waals surface area contributed by atoms with Gasteiger partial charge in [0.05, 0.1) is 22.4 Å². The zero-order chi connectivity index (χ0) is 29.9. The Morgan fingerprint density at radius 2 is 1.88 bits per heavy atom. The van der Waals surface area contributed by atoms with Crippen molar-refractivity contribution in [3.8, 4) is 28.4 Å². The topological polar surface area (TPSA) is 94.9 Å². The Balaban J connectivity index is 1.56. The van der Waals surface area contributed by atoms with Crippen molar-refractivity contribution < 1.29 is 23.8 Å². The predicted molar refractivity (Wildman–Crippen MR) is 167 cm³/mol. The van der Waals surface area contributed by atoms with Gasteiger partial charge in [-0.05, 0) is 55.2 Å². The summed E-state index contributed by atoms with van der Waals surface area (Å²) in [6.45, 7) is 5.16. The number of aromatic nitrogens is 2. The van der Waals surface area contributed by atoms with Gasteiger partial charge in [0.1, 0.15) is 12.4 Å². The third-order valence-electron chi connectivity index (χ3n) is 7.79. The average molecular weight is 599 g/mol. The first-order valence-corrected chi connectivity index (χ1v) is 15.3. The molecule has 1 unspecified atom stereocenters. The Morgan fingerprint density at radius 3 is 2.70 bits per heavy atom. The van der Waals surface area contributed by atoms with Crippen LogP contribution in [0.4, 0.5) is 5.82 Å². The Bertz CT molecular complexity index is 1650. The highest BCUT2D eigenvalue weighted by atomic mass is 32.2. The number of nitrogens with zero attached hydrogens (tertiary/aromatic N) is 3. The molecule has 222 valence electrons. The Labute approximate surface area is 255 Å². The van der Waals surface area contributed by atoms with Gasteiger partial charge < -0.3 is 19.5 Å². The summed E-state index contributed by atoms with van der Waals surface area (Å²) >= 11 is 1.52. The number of aryl methyl sites for hydroxylation is 1. The number of nitrogens with one attached hydrogen (secondary N) is 1. The molecule has 2 amide bonds. The van der Waals surface area contributed by atoms with Crippen LogP contribution in [0, 0.1) is 13.8 Å². The van der Waals surface area contributed by atoms with E-state index in [4.69, 9.17) is 19.3 Å². The van der Waals surface area contributed by atoms with Crippen LogP contribution in [0.2, 0.25) is 0 Å². The predicted octanol–water partition coefficient (Wildman–Crippen LogP) is 5.21. The fraction of sp³-hybridized carbons (Fsp3) is 0.303. The first-order valence-electron chi connectivity index (χ1n) is 14.3. The summed E-state index contributed by atoms with van der Waals surface area (Å²) in [7, 11) is 1.63. The molecule has 1 atom stereocenters. The fourth-order valence-corrected chi connectivity index (χ4v) is 6.63. The fourth-order valence-electron chi connectivity index (χ4n) is 5.44. The largest absolute Gasteiger partial charge is 0.454 e. The first kappa shape index (κ1) is 28.8. The number of ether oxygens (including phenoxy) is 3. The molecule has 9 nitrogen and oxygen atoms in total. The Morgan fingerprint density at radius 1 is 1.07 bits per heavy atom. The molecule has 0 saturated carbocycles. The van der Waals surface area contributed by atoms with Crippen LogP contribution in [-0.2, 0) is 14.3 Å². The summed E-state index contributed by atoms with van der Waals surface area (Å²) in [4.78, 5) is 28.8. The molecule has 6 rings (SSSR count). The monoisotopic (exact) mass is 598 g/mol. The Kier molecular flexibility index (Phi) is 8.40. The van der Waals surface area contributed by atoms with Gasteiger partial charge in [0, 0.05) is 31.4 Å². The van der Waals surface area contributed by atoms with Gasteiger partial charge in [-0.15, -0.1) is 11.8 Å². The lowest BCUT2D eigenvalue weighted by molar-refractivity contribution is -0.122. The van der Waals surface area contributed by atoms with Crippen LogP contribution < -0.4 is 19.7 Å². The van der Waals surface area contributed by atoms with Crippen molar-refractivity contribution in [2.24, 2.45) is 0 Å². The zero-order valence-electron chi connectivity index (χ0n) is 24.5. The van der Waals surface area contributed by atoms with Gasteiger partial charge in [-0.25, -0.2) is 4.68 Å². The Hall–Kier alpha value is -4.28. The van der Waals surface area contributed by atoms with E-state index in [1.807, 2.05) is 65.3 Å². The molecule has 1 aromatic heterocycles. The molecule has 0 radical (unpaired) electrons. The van der Waals surface area contributed by atoms with Crippen LogP contribution >= 0.6 is 11.8 Å². The quantitative estimate of drug-likeness (QED) is 0.265. The van der Waals surface area contributed by atoms with Gasteiger partial charge in [-0.3, -0.25) is 14.5 Å². The summed E-state index contributed by atoms with van der Waals surface area (Å²) in [5, 5.41) is 7.89. The minimum atomic E-state index is -0.266. The molecular weight excluding hydrogens is 564 g/mol. The third-order valence-corrected chi connectivity index (χ3v) is 9.04. The van der Waals surface area contributed by atoms with Crippen molar-refractivity contribution in [3.63, 3.8) is 0 Å². The molecule has 2 aliphatic rings. The SMILES string of the molecule is COCCCNC(=O)CN1C(=O)CSC(c2ccc3c(c2)OCO3)c2c(-c3ccccc3)nn(-c3cccc(C)c3C)c21. The van der Waals surface area contributed by atoms with E-state index in [0.717, 1.165) is 39.2 Å². The second kappa shape index (κ2) is 12.5. The van der Waals surface area contributed by atoms with Crippen molar-refractivity contribution in [2.45, 2.75) is 25.5 Å². The van der Waals surface area contributed by atoms with Gasteiger partial charge in [-0.1, -0.05) is 48.5 Å². The molecule has 3 aromatic carbocycles. The van der Waals surface area contributed by atoms with Gasteiger partial charge in [-0.2, -0.15) is 5.10 Å². The lowest BCUT2D eigenvalue weighted by Crippen LogP contribution is -2.42. The molecule has 2 aliphatic heterocycles. The van der Waals surface area contributed by atoms with Crippen molar-refractivity contribution in [2.75, 3.05) is 44.3 Å². The van der Waals surface area contributed by atoms with Crippen LogP contribution in [0.5, 0.6) is 11.5 Å². The summed E-state index contributed by atoms with van der Waals surface area (Å²) < 4.78 is 18.3. The second-order valence-corrected chi connectivity index (χ2v) is 11.7. The average Bonchev–Trinajstić information content (AvgIpc) is 3.62. The molecular formula is C33H34N4O5S. The van der Waals surface area contributed by atoms with Gasteiger partial charge in [0.2, 0.25) is 18.6 Å². The van der Waals surface area contributed by atoms with Crippen molar-refractivity contribution in [1.29, 1.82) is 0 Å². The van der Waals surface area contributed by atoms with Crippen molar-refractivity contribution in [1.82, 2.24) is 15.1 Å². The number of fused-ring (bicyclic) bond motifs is 2. The highest BCUT2D eigenvalue weighted by molar-refractivity contribution is 8.00. The summed E-state index contributed by atoms with van der Waals surface area (Å²) in [6.07, 6.45) is 0.683. The number of rotatable bonds is 9. The third kappa shape index (κ3) is 5.72. The number of hydrogen-bond donors (Lipinski definition) is 1. The molecule has 0 bridgehead atoms. The van der Waals surface area contributed by atoms with Crippen molar-refractivity contribution in [3.05, 3.63) is 89.0 Å². The summed E-state index contributed by atoms with van der Waals surface area (Å²) in [5.41, 5.74) is 6.51. The second-order valence-electron chi connectivity index (χ2n) is 10.6. The van der Waals surface area contributed by atoms with E-state index in [0.29, 0.717) is 36.9 Å². The van der Waals surface area contributed by atoms with Crippen LogP contribution in [0.1, 0.15) is 33.9 Å². The van der Waals surface area contributed by atoms with Gasteiger partial charge >= 0.3 is 0 Å². The number of amides is 2. The van der Waals surface area contributed by atoms with Gasteiger partial charge in [0.25, 0.3) is 0 Å². The number of anilines is 1. The highest BCUT2D eigenvalue weighted by Gasteiger charge is 2.38. The molecule has 4 aromatic rings. The first-order chi connectivity index (χ1) is 21.0. The number of thioether (sulfide) groups is 1. The summed E-state index contributed by atoms with van der Waals surface area (Å²) in [5.74, 6) is 1.75. The minimum Gasteiger partial charge on any atom is -0.454 e. The molecule has 43 heavy (non-hydrogen) atoms. The normalized spacial score (nSPS) is 15.7.